The van der Waals surface area contributed by atoms with Gasteiger partial charge in [0, 0.05) is 6.42 Å². The van der Waals surface area contributed by atoms with Crippen LogP contribution in [0, 0.1) is 6.92 Å². The molecule has 1 heterocycles. The Labute approximate surface area is 108 Å². The number of hydrogen-bond donors (Lipinski definition) is 1. The van der Waals surface area contributed by atoms with Crippen molar-refractivity contribution in [1.29, 1.82) is 0 Å². The highest BCUT2D eigenvalue weighted by Gasteiger charge is 2.34. The predicted octanol–water partition coefficient (Wildman–Crippen LogP) is 2.91. The number of aryl methyl sites for hydroxylation is 1. The van der Waals surface area contributed by atoms with Gasteiger partial charge in [0.15, 0.2) is 0 Å². The highest BCUT2D eigenvalue weighted by atomic mass is 16.4. The fraction of sp³-hybridized carbons (Fsp3) is 0.533. The fourth-order valence-electron chi connectivity index (χ4n) is 3.28. The summed E-state index contributed by atoms with van der Waals surface area (Å²) in [7, 11) is 0. The zero-order valence-electron chi connectivity index (χ0n) is 10.9. The summed E-state index contributed by atoms with van der Waals surface area (Å²) >= 11 is 0. The molecule has 1 aliphatic carbocycles. The molecule has 96 valence electrons. The van der Waals surface area contributed by atoms with Crippen molar-refractivity contribution in [2.24, 2.45) is 5.16 Å². The quantitative estimate of drug-likeness (QED) is 0.609. The lowest BCUT2D eigenvalue weighted by molar-refractivity contribution is 0.199. The first-order valence-corrected chi connectivity index (χ1v) is 6.84. The van der Waals surface area contributed by atoms with Crippen molar-refractivity contribution in [1.82, 2.24) is 4.90 Å². The Morgan fingerprint density at radius 2 is 2.00 bits per heavy atom. The van der Waals surface area contributed by atoms with Crippen molar-refractivity contribution < 1.29 is 5.21 Å². The molecule has 3 heteroatoms. The first-order chi connectivity index (χ1) is 8.79. The van der Waals surface area contributed by atoms with E-state index in [2.05, 4.69) is 35.2 Å². The number of fused-ring (bicyclic) bond motifs is 1. The first kappa shape index (κ1) is 11.7. The third kappa shape index (κ3) is 1.93. The molecule has 1 atom stereocenters. The summed E-state index contributed by atoms with van der Waals surface area (Å²) in [5.41, 5.74) is 4.88. The first-order valence-electron chi connectivity index (χ1n) is 6.84. The van der Waals surface area contributed by atoms with E-state index < -0.39 is 0 Å². The maximum absolute atomic E-state index is 9.27. The van der Waals surface area contributed by atoms with Crippen LogP contribution < -0.4 is 0 Å². The van der Waals surface area contributed by atoms with Gasteiger partial charge in [-0.3, -0.25) is 4.90 Å². The Balaban J connectivity index is 1.98. The second-order valence-corrected chi connectivity index (χ2v) is 5.47. The number of hydrogen-bond acceptors (Lipinski definition) is 3. The molecule has 1 N–H and O–H groups in total. The van der Waals surface area contributed by atoms with Crippen LogP contribution >= 0.6 is 0 Å². The predicted molar refractivity (Wildman–Crippen MR) is 72.3 cm³/mol. The number of likely N-dealkylation sites (tertiary alicyclic amines) is 1. The molecule has 0 spiro atoms. The molecule has 0 amide bonds. The van der Waals surface area contributed by atoms with Gasteiger partial charge in [0.1, 0.15) is 0 Å². The van der Waals surface area contributed by atoms with Crippen LogP contribution in [-0.4, -0.2) is 28.9 Å². The summed E-state index contributed by atoms with van der Waals surface area (Å²) in [5.74, 6) is 0. The van der Waals surface area contributed by atoms with Crippen LogP contribution in [0.15, 0.2) is 23.4 Å². The molecular formula is C15H20N2O. The minimum Gasteiger partial charge on any atom is -0.411 e. The number of benzene rings is 1. The average Bonchev–Trinajstić information content (AvgIpc) is 2.77. The van der Waals surface area contributed by atoms with E-state index >= 15 is 0 Å². The van der Waals surface area contributed by atoms with Crippen LogP contribution in [0.3, 0.4) is 0 Å². The molecule has 1 unspecified atom stereocenters. The normalized spacial score (nSPS) is 26.5. The zero-order chi connectivity index (χ0) is 12.5. The van der Waals surface area contributed by atoms with E-state index in [0.29, 0.717) is 0 Å². The van der Waals surface area contributed by atoms with Gasteiger partial charge >= 0.3 is 0 Å². The van der Waals surface area contributed by atoms with Crippen LogP contribution in [0.4, 0.5) is 0 Å². The third-order valence-electron chi connectivity index (χ3n) is 4.17. The van der Waals surface area contributed by atoms with Gasteiger partial charge < -0.3 is 5.21 Å². The van der Waals surface area contributed by atoms with Gasteiger partial charge in [0.2, 0.25) is 0 Å². The molecule has 18 heavy (non-hydrogen) atoms. The summed E-state index contributed by atoms with van der Waals surface area (Å²) < 4.78 is 0. The number of piperidine rings is 1. The Hall–Kier alpha value is -1.35. The molecule has 2 aliphatic rings. The van der Waals surface area contributed by atoms with Crippen molar-refractivity contribution >= 4 is 5.71 Å². The summed E-state index contributed by atoms with van der Waals surface area (Å²) in [6.07, 6.45) is 4.65. The Morgan fingerprint density at radius 1 is 1.22 bits per heavy atom. The largest absolute Gasteiger partial charge is 0.411 e. The topological polar surface area (TPSA) is 35.8 Å². The number of oxime groups is 1. The molecule has 0 radical (unpaired) electrons. The Kier molecular flexibility index (Phi) is 3.08. The van der Waals surface area contributed by atoms with Crippen LogP contribution in [0.2, 0.25) is 0 Å². The summed E-state index contributed by atoms with van der Waals surface area (Å²) in [5, 5.41) is 12.8. The van der Waals surface area contributed by atoms with Gasteiger partial charge in [-0.25, -0.2) is 0 Å². The van der Waals surface area contributed by atoms with Gasteiger partial charge in [0.05, 0.1) is 11.8 Å². The highest BCUT2D eigenvalue weighted by Crippen LogP contribution is 2.35. The minimum atomic E-state index is 0.213. The summed E-state index contributed by atoms with van der Waals surface area (Å²) in [6, 6.07) is 6.80. The van der Waals surface area contributed by atoms with Gasteiger partial charge in [-0.1, -0.05) is 35.3 Å². The van der Waals surface area contributed by atoms with E-state index in [1.54, 1.807) is 0 Å². The number of nitrogens with zero attached hydrogens (tertiary/aromatic N) is 2. The van der Waals surface area contributed by atoms with Gasteiger partial charge in [-0.2, -0.15) is 0 Å². The average molecular weight is 244 g/mol. The molecule has 0 bridgehead atoms. The molecule has 1 saturated heterocycles. The smallest absolute Gasteiger partial charge is 0.0831 e. The van der Waals surface area contributed by atoms with Gasteiger partial charge in [-0.05, 0) is 44.0 Å². The van der Waals surface area contributed by atoms with E-state index in [4.69, 9.17) is 0 Å². The SMILES string of the molecule is Cc1ccc2c(c1)C(N1CCCCC1)C(=NO)C2. The molecule has 3 rings (SSSR count). The van der Waals surface area contributed by atoms with Crippen LogP contribution in [-0.2, 0) is 6.42 Å². The van der Waals surface area contributed by atoms with Crippen LogP contribution in [0.5, 0.6) is 0 Å². The standard InChI is InChI=1S/C15H20N2O/c1-11-5-6-12-10-14(16-18)15(13(12)9-11)17-7-3-2-4-8-17/h5-6,9,15,18H,2-4,7-8,10H2,1H3. The van der Waals surface area contributed by atoms with Crippen LogP contribution in [0.25, 0.3) is 0 Å². The van der Waals surface area contributed by atoms with Gasteiger partial charge in [-0.15, -0.1) is 0 Å². The lowest BCUT2D eigenvalue weighted by Gasteiger charge is -2.32. The Bertz CT molecular complexity index is 475. The molecule has 1 fully saturated rings. The highest BCUT2D eigenvalue weighted by molar-refractivity contribution is 5.96. The van der Waals surface area contributed by atoms with Crippen molar-refractivity contribution in [2.75, 3.05) is 13.1 Å². The van der Waals surface area contributed by atoms with Crippen LogP contribution in [0.1, 0.15) is 42.0 Å². The molecular weight excluding hydrogens is 224 g/mol. The summed E-state index contributed by atoms with van der Waals surface area (Å²) in [6.45, 7) is 4.37. The zero-order valence-corrected chi connectivity index (χ0v) is 10.9. The maximum Gasteiger partial charge on any atom is 0.0831 e. The van der Waals surface area contributed by atoms with E-state index in [-0.39, 0.29) is 6.04 Å². The van der Waals surface area contributed by atoms with Crippen molar-refractivity contribution in [2.45, 2.75) is 38.6 Å². The van der Waals surface area contributed by atoms with Gasteiger partial charge in [0.25, 0.3) is 0 Å². The van der Waals surface area contributed by atoms with E-state index in [1.807, 2.05) is 0 Å². The molecule has 3 nitrogen and oxygen atoms in total. The van der Waals surface area contributed by atoms with E-state index in [1.165, 1.54) is 36.0 Å². The van der Waals surface area contributed by atoms with E-state index in [9.17, 15) is 5.21 Å². The van der Waals surface area contributed by atoms with Crippen molar-refractivity contribution in [3.8, 4) is 0 Å². The lowest BCUT2D eigenvalue weighted by Crippen LogP contribution is -2.36. The van der Waals surface area contributed by atoms with Crippen molar-refractivity contribution in [3.63, 3.8) is 0 Å². The maximum atomic E-state index is 9.27. The van der Waals surface area contributed by atoms with E-state index in [0.717, 1.165) is 25.2 Å². The summed E-state index contributed by atoms with van der Waals surface area (Å²) in [4.78, 5) is 2.48. The molecule has 0 aromatic heterocycles. The minimum absolute atomic E-state index is 0.213. The molecule has 0 saturated carbocycles. The molecule has 1 aromatic carbocycles. The number of rotatable bonds is 1. The second-order valence-electron chi connectivity index (χ2n) is 5.47. The fourth-order valence-corrected chi connectivity index (χ4v) is 3.28. The van der Waals surface area contributed by atoms with Crippen molar-refractivity contribution in [3.05, 3.63) is 34.9 Å². The molecule has 1 aromatic rings. The second kappa shape index (κ2) is 4.73. The third-order valence-corrected chi connectivity index (χ3v) is 4.17. The lowest BCUT2D eigenvalue weighted by atomic mass is 10.0. The Morgan fingerprint density at radius 3 is 2.72 bits per heavy atom. The monoisotopic (exact) mass is 244 g/mol. The molecule has 1 aliphatic heterocycles.